The summed E-state index contributed by atoms with van der Waals surface area (Å²) in [6.45, 7) is 8.63. The van der Waals surface area contributed by atoms with Crippen LogP contribution in [-0.2, 0) is 21.4 Å². The molecule has 3 heterocycles. The fourth-order valence-corrected chi connectivity index (χ4v) is 4.04. The third-order valence-corrected chi connectivity index (χ3v) is 6.05. The molecule has 3 aromatic rings. The highest BCUT2D eigenvalue weighted by Gasteiger charge is 2.40. The topological polar surface area (TPSA) is 150 Å². The molecule has 1 saturated heterocycles. The molecule has 11 heteroatoms. The van der Waals surface area contributed by atoms with Crippen LogP contribution in [0.25, 0.3) is 10.9 Å². The number of fused-ring (bicyclic) bond motifs is 1. The highest BCUT2D eigenvalue weighted by atomic mass is 16.4. The summed E-state index contributed by atoms with van der Waals surface area (Å²) in [6, 6.07) is 5.26. The van der Waals surface area contributed by atoms with Gasteiger partial charge in [-0.05, 0) is 17.5 Å². The van der Waals surface area contributed by atoms with E-state index in [-0.39, 0.29) is 18.2 Å². The number of nitrogens with zero attached hydrogens (tertiary/aromatic N) is 3. The van der Waals surface area contributed by atoms with Gasteiger partial charge in [-0.15, -0.1) is 10.2 Å². The molecular formula is C25H30N6O5. The Morgan fingerprint density at radius 3 is 2.56 bits per heavy atom. The average Bonchev–Trinajstić information content (AvgIpc) is 3.52. The number of Topliss-reactive ketones (excluding diaryl/α,β-unsaturated/α-hetero) is 1. The number of amides is 4. The lowest BCUT2D eigenvalue weighted by Crippen LogP contribution is -2.49. The number of hydrogen-bond acceptors (Lipinski definition) is 7. The van der Waals surface area contributed by atoms with Crippen LogP contribution in [0.3, 0.4) is 0 Å². The number of nitrogens with one attached hydrogen (secondary N) is 3. The molecule has 0 radical (unpaired) electrons. The predicted molar refractivity (Wildman–Crippen MR) is 130 cm³/mol. The molecule has 1 aliphatic rings. The summed E-state index contributed by atoms with van der Waals surface area (Å²) in [5, 5.41) is 14.0. The Bertz CT molecular complexity index is 1320. The van der Waals surface area contributed by atoms with E-state index in [4.69, 9.17) is 4.42 Å². The van der Waals surface area contributed by atoms with Gasteiger partial charge in [-0.3, -0.25) is 19.3 Å². The zero-order valence-corrected chi connectivity index (χ0v) is 20.9. The maximum atomic E-state index is 13.0. The number of hydrogen-bond donors (Lipinski definition) is 3. The Hall–Kier alpha value is -4.02. The summed E-state index contributed by atoms with van der Waals surface area (Å²) in [6.07, 6.45) is 2.09. The summed E-state index contributed by atoms with van der Waals surface area (Å²) in [5.74, 6) is -1.87. The van der Waals surface area contributed by atoms with Crippen molar-refractivity contribution in [3.63, 3.8) is 0 Å². The molecule has 4 amide bonds. The lowest BCUT2D eigenvalue weighted by Gasteiger charge is -2.21. The number of H-pyrrole nitrogens is 1. The average molecular weight is 495 g/mol. The molecular weight excluding hydrogens is 464 g/mol. The number of aromatic nitrogens is 3. The molecule has 3 N–H and O–H groups in total. The van der Waals surface area contributed by atoms with Crippen LogP contribution >= 0.6 is 0 Å². The third-order valence-electron chi connectivity index (χ3n) is 6.05. The van der Waals surface area contributed by atoms with Gasteiger partial charge in [0, 0.05) is 28.9 Å². The van der Waals surface area contributed by atoms with Crippen LogP contribution in [0.5, 0.6) is 0 Å². The summed E-state index contributed by atoms with van der Waals surface area (Å²) < 4.78 is 5.53. The van der Waals surface area contributed by atoms with Crippen LogP contribution in [0.1, 0.15) is 56.8 Å². The SMILES string of the molecule is CC(C)[C@H](NC(=O)CN1C(=O)N[C@H](Cc2c[nH]c3ccccc23)C1=O)C(=O)c1nnc(C(C)(C)C)o1. The van der Waals surface area contributed by atoms with Crippen molar-refractivity contribution in [2.75, 3.05) is 6.54 Å². The Morgan fingerprint density at radius 2 is 1.89 bits per heavy atom. The van der Waals surface area contributed by atoms with Crippen LogP contribution in [0.2, 0.25) is 0 Å². The van der Waals surface area contributed by atoms with Gasteiger partial charge in [0.1, 0.15) is 12.6 Å². The highest BCUT2D eigenvalue weighted by molar-refractivity contribution is 6.07. The van der Waals surface area contributed by atoms with Crippen molar-refractivity contribution >= 4 is 34.5 Å². The van der Waals surface area contributed by atoms with Gasteiger partial charge >= 0.3 is 6.03 Å². The van der Waals surface area contributed by atoms with E-state index in [2.05, 4.69) is 25.8 Å². The fourth-order valence-electron chi connectivity index (χ4n) is 4.04. The van der Waals surface area contributed by atoms with Crippen molar-refractivity contribution in [1.29, 1.82) is 0 Å². The smallest absolute Gasteiger partial charge is 0.325 e. The predicted octanol–water partition coefficient (Wildman–Crippen LogP) is 2.33. The number of rotatable bonds is 8. The zero-order chi connectivity index (χ0) is 26.2. The molecule has 1 fully saturated rings. The van der Waals surface area contributed by atoms with Crippen molar-refractivity contribution in [3.05, 3.63) is 47.8 Å². The van der Waals surface area contributed by atoms with E-state index >= 15 is 0 Å². The lowest BCUT2D eigenvalue weighted by molar-refractivity contribution is -0.132. The first kappa shape index (κ1) is 25.1. The van der Waals surface area contributed by atoms with E-state index in [1.165, 1.54) is 0 Å². The number of imide groups is 1. The molecule has 0 spiro atoms. The van der Waals surface area contributed by atoms with Crippen LogP contribution < -0.4 is 10.6 Å². The molecule has 36 heavy (non-hydrogen) atoms. The van der Waals surface area contributed by atoms with Crippen molar-refractivity contribution in [2.45, 2.75) is 58.5 Å². The molecule has 0 aliphatic carbocycles. The Balaban J connectivity index is 1.41. The van der Waals surface area contributed by atoms with E-state index in [0.29, 0.717) is 5.89 Å². The van der Waals surface area contributed by atoms with E-state index in [1.807, 2.05) is 45.0 Å². The van der Waals surface area contributed by atoms with Crippen molar-refractivity contribution in [3.8, 4) is 0 Å². The second-order valence-electron chi connectivity index (χ2n) is 10.3. The fraction of sp³-hybridized carbons (Fsp3) is 0.440. The first-order valence-electron chi connectivity index (χ1n) is 11.8. The number of ketones is 1. The van der Waals surface area contributed by atoms with Crippen molar-refractivity contribution < 1.29 is 23.6 Å². The van der Waals surface area contributed by atoms with Gasteiger partial charge in [0.05, 0.1) is 6.04 Å². The minimum absolute atomic E-state index is 0.201. The Kier molecular flexibility index (Phi) is 6.66. The molecule has 0 saturated carbocycles. The molecule has 4 rings (SSSR count). The monoisotopic (exact) mass is 494 g/mol. The molecule has 0 bridgehead atoms. The third kappa shape index (κ3) is 5.00. The van der Waals surface area contributed by atoms with E-state index in [9.17, 15) is 19.2 Å². The van der Waals surface area contributed by atoms with Gasteiger partial charge in [0.2, 0.25) is 17.6 Å². The zero-order valence-electron chi connectivity index (χ0n) is 20.9. The molecule has 190 valence electrons. The van der Waals surface area contributed by atoms with Crippen LogP contribution in [0.4, 0.5) is 4.79 Å². The van der Waals surface area contributed by atoms with Gasteiger partial charge in [-0.1, -0.05) is 52.8 Å². The van der Waals surface area contributed by atoms with Gasteiger partial charge in [0.25, 0.3) is 11.8 Å². The normalized spacial score (nSPS) is 17.1. The quantitative estimate of drug-likeness (QED) is 0.321. The Morgan fingerprint density at radius 1 is 1.17 bits per heavy atom. The first-order valence-corrected chi connectivity index (χ1v) is 11.8. The maximum absolute atomic E-state index is 13.0. The number of para-hydroxylation sites is 1. The van der Waals surface area contributed by atoms with Gasteiger partial charge in [-0.25, -0.2) is 4.79 Å². The van der Waals surface area contributed by atoms with Crippen LogP contribution in [0.15, 0.2) is 34.9 Å². The van der Waals surface area contributed by atoms with Crippen molar-refractivity contribution in [2.24, 2.45) is 5.92 Å². The number of carbonyl (C=O) groups excluding carboxylic acids is 4. The summed E-state index contributed by atoms with van der Waals surface area (Å²) in [7, 11) is 0. The van der Waals surface area contributed by atoms with Crippen LogP contribution in [0, 0.1) is 5.92 Å². The number of carbonyl (C=O) groups is 4. The Labute approximate surface area is 208 Å². The number of urea groups is 1. The highest BCUT2D eigenvalue weighted by Crippen LogP contribution is 2.22. The molecule has 2 atom stereocenters. The van der Waals surface area contributed by atoms with Gasteiger partial charge < -0.3 is 20.0 Å². The first-order chi connectivity index (χ1) is 17.0. The minimum Gasteiger partial charge on any atom is -0.418 e. The minimum atomic E-state index is -0.964. The van der Waals surface area contributed by atoms with Crippen molar-refractivity contribution in [1.82, 2.24) is 30.7 Å². The maximum Gasteiger partial charge on any atom is 0.325 e. The molecule has 0 unspecified atom stereocenters. The molecule has 11 nitrogen and oxygen atoms in total. The van der Waals surface area contributed by atoms with Crippen LogP contribution in [-0.4, -0.2) is 62.3 Å². The second kappa shape index (κ2) is 9.56. The number of aromatic amines is 1. The molecule has 1 aliphatic heterocycles. The second-order valence-corrected chi connectivity index (χ2v) is 10.3. The van der Waals surface area contributed by atoms with E-state index < -0.39 is 47.7 Å². The van der Waals surface area contributed by atoms with Gasteiger partial charge in [-0.2, -0.15) is 0 Å². The van der Waals surface area contributed by atoms with E-state index in [1.54, 1.807) is 20.0 Å². The lowest BCUT2D eigenvalue weighted by atomic mass is 9.97. The summed E-state index contributed by atoms with van der Waals surface area (Å²) in [4.78, 5) is 55.2. The summed E-state index contributed by atoms with van der Waals surface area (Å²) >= 11 is 0. The molecule has 2 aromatic heterocycles. The molecule has 1 aromatic carbocycles. The van der Waals surface area contributed by atoms with Gasteiger partial charge in [0.15, 0.2) is 0 Å². The summed E-state index contributed by atoms with van der Waals surface area (Å²) in [5.41, 5.74) is 1.38. The van der Waals surface area contributed by atoms with E-state index in [0.717, 1.165) is 21.4 Å². The largest absolute Gasteiger partial charge is 0.418 e. The standard InChI is InChI=1S/C25H30N6O5/c1-13(2)19(20(33)21-29-30-23(36-21)25(3,4)5)28-18(32)12-31-22(34)17(27-24(31)35)10-14-11-26-16-9-7-6-8-15(14)16/h6-9,11,13,17,19,26H,10,12H2,1-5H3,(H,27,35)(H,28,32)/t17-,19+/m1/s1. The number of benzene rings is 1.